The van der Waals surface area contributed by atoms with Gasteiger partial charge in [-0.2, -0.15) is 0 Å². The molecule has 0 saturated heterocycles. The van der Waals surface area contributed by atoms with Crippen LogP contribution in [0.1, 0.15) is 44.3 Å². The third-order valence-corrected chi connectivity index (χ3v) is 4.56. The Labute approximate surface area is 168 Å². The van der Waals surface area contributed by atoms with Crippen LogP contribution in [0.25, 0.3) is 0 Å². The van der Waals surface area contributed by atoms with Gasteiger partial charge in [0.2, 0.25) is 5.91 Å². The molecule has 0 saturated carbocycles. The summed E-state index contributed by atoms with van der Waals surface area (Å²) in [5.74, 6) is -1.66. The molecule has 1 aromatic rings. The number of hydrogen-bond acceptors (Lipinski definition) is 7. The average Bonchev–Trinajstić information content (AvgIpc) is 2.67. The van der Waals surface area contributed by atoms with Crippen LogP contribution in [0.15, 0.2) is 0 Å². The zero-order chi connectivity index (χ0) is 22.3. The molecule has 162 valence electrons. The molecule has 0 radical (unpaired) electrons. The van der Waals surface area contributed by atoms with E-state index in [0.29, 0.717) is 16.7 Å². The van der Waals surface area contributed by atoms with E-state index in [1.807, 2.05) is 0 Å². The van der Waals surface area contributed by atoms with Crippen molar-refractivity contribution in [1.29, 1.82) is 0 Å². The van der Waals surface area contributed by atoms with E-state index < -0.39 is 56.2 Å². The number of aliphatic hydroxyl groups is 4. The number of aliphatic hydroxyl groups excluding tert-OH is 4. The molecule has 0 aromatic heterocycles. The smallest absolute Gasteiger partial charge is 0.252 e. The van der Waals surface area contributed by atoms with E-state index in [9.17, 15) is 34.8 Å². The third-order valence-electron chi connectivity index (χ3n) is 4.56. The highest BCUT2D eigenvalue weighted by Crippen LogP contribution is 2.31. The fourth-order valence-electron chi connectivity index (χ4n) is 3.08. The molecule has 0 atom stereocenters. The Bertz CT molecular complexity index is 719. The SMILES string of the molecule is CC(=O)Nc1c(C)c(C(=O)NC(CO)CO)c(C)c(C(=O)NC(CO)CO)c1C. The first kappa shape index (κ1) is 24.5. The Morgan fingerprint density at radius 2 is 1.07 bits per heavy atom. The lowest BCUT2D eigenvalue weighted by Gasteiger charge is -2.23. The van der Waals surface area contributed by atoms with E-state index in [1.165, 1.54) is 6.92 Å². The fraction of sp³-hybridized carbons (Fsp3) is 0.526. The van der Waals surface area contributed by atoms with Crippen LogP contribution in [-0.4, -0.2) is 76.7 Å². The van der Waals surface area contributed by atoms with Crippen LogP contribution in [0.3, 0.4) is 0 Å². The highest BCUT2D eigenvalue weighted by molar-refractivity contribution is 6.07. The van der Waals surface area contributed by atoms with E-state index in [4.69, 9.17) is 0 Å². The van der Waals surface area contributed by atoms with Crippen LogP contribution in [0.2, 0.25) is 0 Å². The highest BCUT2D eigenvalue weighted by atomic mass is 16.3. The van der Waals surface area contributed by atoms with E-state index >= 15 is 0 Å². The van der Waals surface area contributed by atoms with Crippen molar-refractivity contribution >= 4 is 23.4 Å². The van der Waals surface area contributed by atoms with Crippen LogP contribution >= 0.6 is 0 Å². The van der Waals surface area contributed by atoms with Crippen LogP contribution < -0.4 is 16.0 Å². The monoisotopic (exact) mass is 411 g/mol. The zero-order valence-corrected chi connectivity index (χ0v) is 17.0. The minimum Gasteiger partial charge on any atom is -0.394 e. The van der Waals surface area contributed by atoms with Gasteiger partial charge in [-0.25, -0.2) is 0 Å². The Kier molecular flexibility index (Phi) is 9.18. The maximum Gasteiger partial charge on any atom is 0.252 e. The summed E-state index contributed by atoms with van der Waals surface area (Å²) in [5, 5.41) is 44.5. The van der Waals surface area contributed by atoms with Gasteiger partial charge in [0.25, 0.3) is 11.8 Å². The second-order valence-corrected chi connectivity index (χ2v) is 6.75. The molecular weight excluding hydrogens is 382 g/mol. The molecular formula is C19H29N3O7. The maximum absolute atomic E-state index is 12.8. The first-order valence-electron chi connectivity index (χ1n) is 9.09. The lowest BCUT2D eigenvalue weighted by molar-refractivity contribution is -0.114. The number of benzene rings is 1. The van der Waals surface area contributed by atoms with Gasteiger partial charge in [-0.05, 0) is 37.5 Å². The van der Waals surface area contributed by atoms with Crippen LogP contribution in [0.5, 0.6) is 0 Å². The van der Waals surface area contributed by atoms with Crippen LogP contribution in [0.4, 0.5) is 5.69 Å². The van der Waals surface area contributed by atoms with Gasteiger partial charge in [-0.3, -0.25) is 14.4 Å². The number of hydrogen-bond donors (Lipinski definition) is 7. The molecule has 0 aliphatic carbocycles. The van der Waals surface area contributed by atoms with Crippen molar-refractivity contribution in [2.45, 2.75) is 39.8 Å². The normalized spacial score (nSPS) is 11.0. The molecule has 0 bridgehead atoms. The van der Waals surface area contributed by atoms with E-state index in [0.717, 1.165) is 0 Å². The van der Waals surface area contributed by atoms with Crippen LogP contribution in [0, 0.1) is 20.8 Å². The van der Waals surface area contributed by atoms with Gasteiger partial charge in [-0.1, -0.05) is 0 Å². The van der Waals surface area contributed by atoms with Gasteiger partial charge in [0.15, 0.2) is 0 Å². The minimum absolute atomic E-state index is 0.112. The molecule has 0 unspecified atom stereocenters. The number of amides is 3. The van der Waals surface area contributed by atoms with Crippen molar-refractivity contribution in [2.75, 3.05) is 31.7 Å². The van der Waals surface area contributed by atoms with Crippen molar-refractivity contribution in [3.05, 3.63) is 27.8 Å². The first-order valence-corrected chi connectivity index (χ1v) is 9.09. The lowest BCUT2D eigenvalue weighted by atomic mass is 9.89. The largest absolute Gasteiger partial charge is 0.394 e. The molecule has 3 amide bonds. The van der Waals surface area contributed by atoms with Gasteiger partial charge in [0.05, 0.1) is 38.5 Å². The fourth-order valence-corrected chi connectivity index (χ4v) is 3.08. The summed E-state index contributed by atoms with van der Waals surface area (Å²) in [6, 6.07) is -1.78. The van der Waals surface area contributed by atoms with Gasteiger partial charge in [0.1, 0.15) is 0 Å². The van der Waals surface area contributed by atoms with Gasteiger partial charge in [0, 0.05) is 23.7 Å². The predicted molar refractivity (Wildman–Crippen MR) is 106 cm³/mol. The molecule has 0 spiro atoms. The highest BCUT2D eigenvalue weighted by Gasteiger charge is 2.27. The third kappa shape index (κ3) is 5.73. The summed E-state index contributed by atoms with van der Waals surface area (Å²) in [7, 11) is 0. The summed E-state index contributed by atoms with van der Waals surface area (Å²) in [5.41, 5.74) is 1.65. The Morgan fingerprint density at radius 1 is 0.724 bits per heavy atom. The molecule has 1 rings (SSSR count). The number of carbonyl (C=O) groups is 3. The zero-order valence-electron chi connectivity index (χ0n) is 17.0. The number of carbonyl (C=O) groups excluding carboxylic acids is 3. The van der Waals surface area contributed by atoms with Crippen molar-refractivity contribution in [3.8, 4) is 0 Å². The summed E-state index contributed by atoms with van der Waals surface area (Å²) in [4.78, 5) is 37.3. The van der Waals surface area contributed by atoms with Gasteiger partial charge < -0.3 is 36.4 Å². The maximum atomic E-state index is 12.8. The first-order chi connectivity index (χ1) is 13.6. The van der Waals surface area contributed by atoms with Crippen molar-refractivity contribution in [1.82, 2.24) is 10.6 Å². The minimum atomic E-state index is -0.891. The van der Waals surface area contributed by atoms with E-state index in [1.54, 1.807) is 20.8 Å². The standard InChI is InChI=1S/C19H29N3O7/c1-9-15(18(28)21-13(5-23)6-24)10(2)17(20-12(4)27)11(3)16(9)19(29)22-14(7-25)8-26/h13-14,23-26H,5-8H2,1-4H3,(H,20,27)(H,21,28)(H,22,29). The molecule has 0 aliphatic rings. The molecule has 7 N–H and O–H groups in total. The van der Waals surface area contributed by atoms with Gasteiger partial charge in [-0.15, -0.1) is 0 Å². The van der Waals surface area contributed by atoms with Gasteiger partial charge >= 0.3 is 0 Å². The van der Waals surface area contributed by atoms with E-state index in [-0.39, 0.29) is 16.8 Å². The predicted octanol–water partition coefficient (Wildman–Crippen LogP) is -1.26. The lowest BCUT2D eigenvalue weighted by Crippen LogP contribution is -2.42. The molecule has 10 nitrogen and oxygen atoms in total. The van der Waals surface area contributed by atoms with Crippen molar-refractivity contribution < 1.29 is 34.8 Å². The molecule has 0 fully saturated rings. The number of rotatable bonds is 9. The summed E-state index contributed by atoms with van der Waals surface area (Å²) in [6.07, 6.45) is 0. The summed E-state index contributed by atoms with van der Waals surface area (Å²) >= 11 is 0. The molecule has 1 aromatic carbocycles. The number of nitrogens with one attached hydrogen (secondary N) is 3. The quantitative estimate of drug-likeness (QED) is 0.266. The Morgan fingerprint density at radius 3 is 1.34 bits per heavy atom. The number of anilines is 1. The van der Waals surface area contributed by atoms with Crippen LogP contribution in [-0.2, 0) is 4.79 Å². The Hall–Kier alpha value is -2.53. The second kappa shape index (κ2) is 10.9. The second-order valence-electron chi connectivity index (χ2n) is 6.75. The summed E-state index contributed by atoms with van der Waals surface area (Å²) in [6.45, 7) is 4.15. The molecule has 0 aliphatic heterocycles. The summed E-state index contributed by atoms with van der Waals surface area (Å²) < 4.78 is 0. The van der Waals surface area contributed by atoms with Crippen molar-refractivity contribution in [3.63, 3.8) is 0 Å². The molecule has 10 heteroatoms. The van der Waals surface area contributed by atoms with Crippen molar-refractivity contribution in [2.24, 2.45) is 0 Å². The van der Waals surface area contributed by atoms with E-state index in [2.05, 4.69) is 16.0 Å². The average molecular weight is 411 g/mol. The molecule has 29 heavy (non-hydrogen) atoms. The topological polar surface area (TPSA) is 168 Å². The Balaban J connectivity index is 3.61. The molecule has 0 heterocycles.